The number of nitrogens with zero attached hydrogens (tertiary/aromatic N) is 1. The van der Waals surface area contributed by atoms with E-state index in [0.29, 0.717) is 11.4 Å². The van der Waals surface area contributed by atoms with E-state index < -0.39 is 23.8 Å². The summed E-state index contributed by atoms with van der Waals surface area (Å²) in [5.74, 6) is 0. The number of carbonyl (C=O) groups is 2. The number of hydrogen-bond acceptors (Lipinski definition) is 4. The first kappa shape index (κ1) is 22.7. The molecule has 0 fully saturated rings. The molecule has 1 atom stereocenters. The molecule has 0 aliphatic heterocycles. The fraction of sp³-hybridized carbons (Fsp3) is 0.368. The Morgan fingerprint density at radius 1 is 1.25 bits per heavy atom. The lowest BCUT2D eigenvalue weighted by atomic mass is 10.0. The molecular formula is C19H22Br2N2O4S. The third kappa shape index (κ3) is 6.79. The van der Waals surface area contributed by atoms with E-state index in [0.717, 1.165) is 13.8 Å². The van der Waals surface area contributed by atoms with Gasteiger partial charge in [0, 0.05) is 11.0 Å². The van der Waals surface area contributed by atoms with Crippen LogP contribution in [-0.4, -0.2) is 35.5 Å². The van der Waals surface area contributed by atoms with Crippen LogP contribution in [0.3, 0.4) is 0 Å². The van der Waals surface area contributed by atoms with Crippen LogP contribution in [0.4, 0.5) is 14.6 Å². The van der Waals surface area contributed by atoms with Gasteiger partial charge in [0.1, 0.15) is 10.6 Å². The van der Waals surface area contributed by atoms with Gasteiger partial charge in [0.2, 0.25) is 0 Å². The quantitative estimate of drug-likeness (QED) is 0.485. The zero-order chi connectivity index (χ0) is 20.9. The van der Waals surface area contributed by atoms with Crippen molar-refractivity contribution in [2.45, 2.75) is 38.8 Å². The fourth-order valence-corrected chi connectivity index (χ4v) is 4.61. The zero-order valence-electron chi connectivity index (χ0n) is 15.7. The van der Waals surface area contributed by atoms with Gasteiger partial charge in [-0.05, 0) is 70.7 Å². The highest BCUT2D eigenvalue weighted by Crippen LogP contribution is 2.38. The third-order valence-electron chi connectivity index (χ3n) is 3.64. The lowest BCUT2D eigenvalue weighted by Crippen LogP contribution is -2.48. The Kier molecular flexibility index (Phi) is 7.91. The van der Waals surface area contributed by atoms with E-state index in [9.17, 15) is 14.7 Å². The maximum Gasteiger partial charge on any atom is 0.412 e. The Balaban J connectivity index is 2.26. The average molecular weight is 534 g/mol. The van der Waals surface area contributed by atoms with Gasteiger partial charge in [-0.25, -0.2) is 9.59 Å². The molecule has 9 heteroatoms. The zero-order valence-corrected chi connectivity index (χ0v) is 19.7. The molecule has 0 saturated heterocycles. The van der Waals surface area contributed by atoms with Crippen LogP contribution in [0.5, 0.6) is 0 Å². The van der Waals surface area contributed by atoms with Gasteiger partial charge in [0.15, 0.2) is 0 Å². The molecule has 1 aromatic heterocycles. The number of amides is 2. The van der Waals surface area contributed by atoms with E-state index >= 15 is 0 Å². The van der Waals surface area contributed by atoms with Gasteiger partial charge in [0.05, 0.1) is 9.83 Å². The van der Waals surface area contributed by atoms with E-state index in [2.05, 4.69) is 37.2 Å². The first-order valence-corrected chi connectivity index (χ1v) is 10.9. The average Bonchev–Trinajstić information content (AvgIpc) is 2.90. The topological polar surface area (TPSA) is 78.9 Å². The largest absolute Gasteiger partial charge is 0.465 e. The number of carboxylic acid groups (broad SMARTS) is 1. The molecule has 152 valence electrons. The number of halogens is 2. The number of carbonyl (C=O) groups excluding carboxylic acids is 1. The molecule has 2 amide bonds. The van der Waals surface area contributed by atoms with Crippen molar-refractivity contribution in [1.29, 1.82) is 0 Å². The molecule has 2 aromatic rings. The number of benzene rings is 1. The first-order chi connectivity index (χ1) is 13.1. The monoisotopic (exact) mass is 532 g/mol. The Hall–Kier alpha value is -1.58. The Bertz CT molecular complexity index is 802. The van der Waals surface area contributed by atoms with Crippen LogP contribution in [-0.2, 0) is 11.2 Å². The minimum absolute atomic E-state index is 0.114. The Labute approximate surface area is 185 Å². The van der Waals surface area contributed by atoms with E-state index in [-0.39, 0.29) is 6.54 Å². The summed E-state index contributed by atoms with van der Waals surface area (Å²) in [5, 5.41) is 13.1. The molecule has 1 aromatic carbocycles. The van der Waals surface area contributed by atoms with Crippen LogP contribution < -0.4 is 10.2 Å². The third-order valence-corrected chi connectivity index (χ3v) is 6.89. The predicted octanol–water partition coefficient (Wildman–Crippen LogP) is 5.89. The number of anilines is 1. The SMILES string of the molecule is CC(C)(C)OC(=O)NCC(Cc1ccccc1)N(C(=O)O)c1cc(Br)c(Br)s1. The van der Waals surface area contributed by atoms with E-state index in [1.807, 2.05) is 30.3 Å². The number of hydrogen-bond donors (Lipinski definition) is 2. The van der Waals surface area contributed by atoms with Crippen LogP contribution in [0.1, 0.15) is 26.3 Å². The van der Waals surface area contributed by atoms with Crippen molar-refractivity contribution in [2.24, 2.45) is 0 Å². The number of rotatable bonds is 6. The van der Waals surface area contributed by atoms with E-state index in [1.54, 1.807) is 26.8 Å². The fourth-order valence-electron chi connectivity index (χ4n) is 2.54. The summed E-state index contributed by atoms with van der Waals surface area (Å²) in [7, 11) is 0. The van der Waals surface area contributed by atoms with Gasteiger partial charge in [-0.1, -0.05) is 30.3 Å². The van der Waals surface area contributed by atoms with Crippen molar-refractivity contribution in [3.8, 4) is 0 Å². The van der Waals surface area contributed by atoms with Crippen molar-refractivity contribution >= 4 is 60.4 Å². The standard InChI is InChI=1S/C19H22Br2N2O4S/c1-19(2,3)27-17(24)22-11-13(9-12-7-5-4-6-8-12)23(18(25)26)15-10-14(20)16(21)28-15/h4-8,10,13H,9,11H2,1-3H3,(H,22,24)(H,25,26). The number of nitrogens with one attached hydrogen (secondary N) is 1. The number of ether oxygens (including phenoxy) is 1. The summed E-state index contributed by atoms with van der Waals surface area (Å²) in [6.07, 6.45) is -1.23. The second-order valence-corrected chi connectivity index (χ2v) is 10.3. The molecular weight excluding hydrogens is 512 g/mol. The van der Waals surface area contributed by atoms with Crippen LogP contribution in [0, 0.1) is 0 Å². The molecule has 0 aliphatic carbocycles. The maximum absolute atomic E-state index is 12.1. The molecule has 2 rings (SSSR count). The van der Waals surface area contributed by atoms with E-state index in [1.165, 1.54) is 16.2 Å². The Morgan fingerprint density at radius 2 is 1.89 bits per heavy atom. The molecule has 0 saturated carbocycles. The summed E-state index contributed by atoms with van der Waals surface area (Å²) < 4.78 is 6.85. The van der Waals surface area contributed by atoms with Crippen molar-refractivity contribution in [1.82, 2.24) is 5.32 Å². The van der Waals surface area contributed by atoms with Crippen LogP contribution in [0.2, 0.25) is 0 Å². The molecule has 6 nitrogen and oxygen atoms in total. The lowest BCUT2D eigenvalue weighted by Gasteiger charge is -2.29. The van der Waals surface area contributed by atoms with Gasteiger partial charge >= 0.3 is 12.2 Å². The summed E-state index contributed by atoms with van der Waals surface area (Å²) in [6.45, 7) is 5.44. The molecule has 0 aliphatic rings. The second-order valence-electron chi connectivity index (χ2n) is 7.09. The minimum Gasteiger partial charge on any atom is -0.465 e. The van der Waals surface area contributed by atoms with Crippen LogP contribution in [0.25, 0.3) is 0 Å². The minimum atomic E-state index is -1.09. The van der Waals surface area contributed by atoms with Crippen molar-refractivity contribution in [3.63, 3.8) is 0 Å². The number of alkyl carbamates (subject to hydrolysis) is 1. The van der Waals surface area contributed by atoms with Crippen molar-refractivity contribution < 1.29 is 19.4 Å². The molecule has 2 N–H and O–H groups in total. The Morgan fingerprint density at radius 3 is 2.39 bits per heavy atom. The van der Waals surface area contributed by atoms with Gasteiger partial charge in [-0.15, -0.1) is 11.3 Å². The van der Waals surface area contributed by atoms with Gasteiger partial charge in [-0.3, -0.25) is 4.90 Å². The molecule has 0 bridgehead atoms. The molecule has 1 heterocycles. The first-order valence-electron chi connectivity index (χ1n) is 8.54. The summed E-state index contributed by atoms with van der Waals surface area (Å²) in [4.78, 5) is 25.5. The van der Waals surface area contributed by atoms with Gasteiger partial charge in [-0.2, -0.15) is 0 Å². The van der Waals surface area contributed by atoms with Gasteiger partial charge in [0.25, 0.3) is 0 Å². The molecule has 0 spiro atoms. The second kappa shape index (κ2) is 9.76. The highest BCUT2D eigenvalue weighted by atomic mass is 79.9. The highest BCUT2D eigenvalue weighted by molar-refractivity contribution is 9.13. The van der Waals surface area contributed by atoms with Crippen LogP contribution >= 0.6 is 43.2 Å². The van der Waals surface area contributed by atoms with Crippen molar-refractivity contribution in [2.75, 3.05) is 11.4 Å². The van der Waals surface area contributed by atoms with Crippen molar-refractivity contribution in [3.05, 3.63) is 50.2 Å². The number of thiophene rings is 1. The lowest BCUT2D eigenvalue weighted by molar-refractivity contribution is 0.0523. The molecule has 1 unspecified atom stereocenters. The van der Waals surface area contributed by atoms with Crippen LogP contribution in [0.15, 0.2) is 44.7 Å². The highest BCUT2D eigenvalue weighted by Gasteiger charge is 2.28. The molecule has 0 radical (unpaired) electrons. The smallest absolute Gasteiger partial charge is 0.412 e. The molecule has 28 heavy (non-hydrogen) atoms. The summed E-state index contributed by atoms with van der Waals surface area (Å²) >= 11 is 8.11. The van der Waals surface area contributed by atoms with E-state index in [4.69, 9.17) is 4.74 Å². The predicted molar refractivity (Wildman–Crippen MR) is 118 cm³/mol. The summed E-state index contributed by atoms with van der Waals surface area (Å²) in [6, 6.07) is 10.8. The summed E-state index contributed by atoms with van der Waals surface area (Å²) in [5.41, 5.74) is 0.342. The maximum atomic E-state index is 12.1. The van der Waals surface area contributed by atoms with Gasteiger partial charge < -0.3 is 15.2 Å². The normalized spacial score (nSPS) is 12.3.